The van der Waals surface area contributed by atoms with Gasteiger partial charge in [-0.3, -0.25) is 14.9 Å². The molecule has 0 unspecified atom stereocenters. The van der Waals surface area contributed by atoms with Crippen molar-refractivity contribution in [1.29, 1.82) is 0 Å². The number of imide groups is 1. The monoisotopic (exact) mass is 277 g/mol. The Morgan fingerprint density at radius 1 is 1.05 bits per heavy atom. The van der Waals surface area contributed by atoms with Crippen LogP contribution >= 0.6 is 0 Å². The van der Waals surface area contributed by atoms with Gasteiger partial charge in [-0.2, -0.15) is 0 Å². The van der Waals surface area contributed by atoms with E-state index in [1.54, 1.807) is 12.1 Å². The highest BCUT2D eigenvalue weighted by atomic mass is 16.4. The molecule has 1 aromatic rings. The molecule has 0 bridgehead atoms. The zero-order valence-corrected chi connectivity index (χ0v) is 11.9. The van der Waals surface area contributed by atoms with Gasteiger partial charge in [0.1, 0.15) is 0 Å². The van der Waals surface area contributed by atoms with E-state index in [0.717, 1.165) is 5.56 Å². The van der Waals surface area contributed by atoms with Crippen molar-refractivity contribution in [2.45, 2.75) is 39.0 Å². The van der Waals surface area contributed by atoms with E-state index in [-0.39, 0.29) is 17.2 Å². The molecule has 1 aliphatic rings. The van der Waals surface area contributed by atoms with E-state index >= 15 is 0 Å². The summed E-state index contributed by atoms with van der Waals surface area (Å²) in [5, 5.41) is 10.8. The summed E-state index contributed by atoms with van der Waals surface area (Å²) in [7, 11) is 0. The van der Waals surface area contributed by atoms with E-state index in [1.165, 1.54) is 0 Å². The summed E-state index contributed by atoms with van der Waals surface area (Å²) in [6, 6.07) is 7.01. The summed E-state index contributed by atoms with van der Waals surface area (Å²) in [5.74, 6) is -1.17. The van der Waals surface area contributed by atoms with Crippen molar-refractivity contribution >= 4 is 17.8 Å². The minimum absolute atomic E-state index is 0.0804. The Kier molecular flexibility index (Phi) is 5.02. The molecule has 0 spiro atoms. The Bertz CT molecular complexity index is 498. The minimum Gasteiger partial charge on any atom is -0.478 e. The molecule has 0 radical (unpaired) electrons. The van der Waals surface area contributed by atoms with Crippen molar-refractivity contribution in [3.63, 3.8) is 0 Å². The molecule has 1 aromatic carbocycles. The van der Waals surface area contributed by atoms with Crippen LogP contribution < -0.4 is 5.32 Å². The first-order valence-corrected chi connectivity index (χ1v) is 6.36. The Labute approximate surface area is 118 Å². The van der Waals surface area contributed by atoms with E-state index in [2.05, 4.69) is 26.1 Å². The molecule has 108 valence electrons. The summed E-state index contributed by atoms with van der Waals surface area (Å²) in [4.78, 5) is 30.8. The fourth-order valence-corrected chi connectivity index (χ4v) is 1.62. The molecule has 1 fully saturated rings. The molecule has 2 amide bonds. The third-order valence-electron chi connectivity index (χ3n) is 2.86. The molecule has 20 heavy (non-hydrogen) atoms. The molecule has 0 saturated carbocycles. The Hall–Kier alpha value is -2.17. The average Bonchev–Trinajstić information content (AvgIpc) is 2.73. The first-order chi connectivity index (χ1) is 9.20. The van der Waals surface area contributed by atoms with E-state index < -0.39 is 5.97 Å². The van der Waals surface area contributed by atoms with Gasteiger partial charge < -0.3 is 5.11 Å². The zero-order chi connectivity index (χ0) is 15.3. The zero-order valence-electron chi connectivity index (χ0n) is 11.9. The van der Waals surface area contributed by atoms with Gasteiger partial charge in [0.15, 0.2) is 0 Å². The van der Waals surface area contributed by atoms with Crippen LogP contribution in [0.4, 0.5) is 0 Å². The molecule has 5 nitrogen and oxygen atoms in total. The van der Waals surface area contributed by atoms with Crippen LogP contribution in [0.25, 0.3) is 0 Å². The molecular formula is C15H19NO4. The van der Waals surface area contributed by atoms with Gasteiger partial charge in [-0.15, -0.1) is 0 Å². The van der Waals surface area contributed by atoms with E-state index in [0.29, 0.717) is 18.4 Å². The molecule has 1 aliphatic heterocycles. The van der Waals surface area contributed by atoms with Crippen molar-refractivity contribution in [3.05, 3.63) is 35.4 Å². The highest BCUT2D eigenvalue weighted by molar-refractivity contribution is 6.01. The Balaban J connectivity index is 0.000000240. The molecule has 1 heterocycles. The van der Waals surface area contributed by atoms with Crippen LogP contribution in [0, 0.1) is 0 Å². The number of carboxylic acid groups (broad SMARTS) is 1. The number of benzene rings is 1. The molecule has 2 N–H and O–H groups in total. The standard InChI is InChI=1S/C11H14O2.C4H5NO2/c1-11(2,3)9-6-4-8(5-7-9)10(12)13;6-3-1-2-4(7)5-3/h4-7H,1-3H3,(H,12,13);1-2H2,(H,5,6,7). The van der Waals surface area contributed by atoms with Crippen molar-refractivity contribution in [2.24, 2.45) is 0 Å². The first-order valence-electron chi connectivity index (χ1n) is 6.36. The van der Waals surface area contributed by atoms with Crippen molar-refractivity contribution < 1.29 is 19.5 Å². The second-order valence-electron chi connectivity index (χ2n) is 5.60. The van der Waals surface area contributed by atoms with Gasteiger partial charge >= 0.3 is 5.97 Å². The Morgan fingerprint density at radius 3 is 1.75 bits per heavy atom. The molecule has 5 heteroatoms. The van der Waals surface area contributed by atoms with Crippen LogP contribution in [-0.2, 0) is 15.0 Å². The second kappa shape index (κ2) is 6.32. The van der Waals surface area contributed by atoms with E-state index in [9.17, 15) is 14.4 Å². The molecule has 0 aromatic heterocycles. The second-order valence-corrected chi connectivity index (χ2v) is 5.60. The fraction of sp³-hybridized carbons (Fsp3) is 0.400. The third-order valence-corrected chi connectivity index (χ3v) is 2.86. The predicted molar refractivity (Wildman–Crippen MR) is 74.5 cm³/mol. The minimum atomic E-state index is -0.875. The summed E-state index contributed by atoms with van der Waals surface area (Å²) in [5.41, 5.74) is 1.57. The van der Waals surface area contributed by atoms with Crippen molar-refractivity contribution in [1.82, 2.24) is 5.32 Å². The number of hydrogen-bond donors (Lipinski definition) is 2. The maximum Gasteiger partial charge on any atom is 0.335 e. The maximum absolute atomic E-state index is 10.6. The molecular weight excluding hydrogens is 258 g/mol. The van der Waals surface area contributed by atoms with Crippen LogP contribution in [0.5, 0.6) is 0 Å². The smallest absolute Gasteiger partial charge is 0.335 e. The highest BCUT2D eigenvalue weighted by Crippen LogP contribution is 2.21. The topological polar surface area (TPSA) is 83.5 Å². The number of carbonyl (C=O) groups is 3. The SMILES string of the molecule is CC(C)(C)c1ccc(C(=O)O)cc1.O=C1CCC(=O)N1. The van der Waals surface area contributed by atoms with Gasteiger partial charge in [0.25, 0.3) is 0 Å². The lowest BCUT2D eigenvalue weighted by atomic mass is 9.87. The lowest BCUT2D eigenvalue weighted by Crippen LogP contribution is -2.18. The van der Waals surface area contributed by atoms with Gasteiger partial charge in [-0.05, 0) is 23.1 Å². The third kappa shape index (κ3) is 4.84. The van der Waals surface area contributed by atoms with Crippen LogP contribution in [0.3, 0.4) is 0 Å². The van der Waals surface area contributed by atoms with Crippen LogP contribution in [0.15, 0.2) is 24.3 Å². The van der Waals surface area contributed by atoms with Gasteiger partial charge in [-0.25, -0.2) is 4.79 Å². The lowest BCUT2D eigenvalue weighted by molar-refractivity contribution is -0.124. The lowest BCUT2D eigenvalue weighted by Gasteiger charge is -2.18. The number of amides is 2. The number of aromatic carboxylic acids is 1. The quantitative estimate of drug-likeness (QED) is 0.770. The number of nitrogens with one attached hydrogen (secondary N) is 1. The number of hydrogen-bond acceptors (Lipinski definition) is 3. The normalized spacial score (nSPS) is 14.3. The maximum atomic E-state index is 10.6. The Morgan fingerprint density at radius 2 is 1.50 bits per heavy atom. The number of carbonyl (C=O) groups excluding carboxylic acids is 2. The van der Waals surface area contributed by atoms with Crippen LogP contribution in [0.1, 0.15) is 49.5 Å². The largest absolute Gasteiger partial charge is 0.478 e. The van der Waals surface area contributed by atoms with Gasteiger partial charge in [0.2, 0.25) is 11.8 Å². The summed E-state index contributed by atoms with van der Waals surface area (Å²) < 4.78 is 0. The van der Waals surface area contributed by atoms with Crippen LogP contribution in [0.2, 0.25) is 0 Å². The molecule has 1 saturated heterocycles. The van der Waals surface area contributed by atoms with Crippen molar-refractivity contribution in [2.75, 3.05) is 0 Å². The molecule has 0 aliphatic carbocycles. The summed E-state index contributed by atoms with van der Waals surface area (Å²) in [6.07, 6.45) is 0.748. The van der Waals surface area contributed by atoms with Crippen LogP contribution in [-0.4, -0.2) is 22.9 Å². The van der Waals surface area contributed by atoms with Gasteiger partial charge in [0, 0.05) is 12.8 Å². The summed E-state index contributed by atoms with van der Waals surface area (Å²) >= 11 is 0. The van der Waals surface area contributed by atoms with E-state index in [4.69, 9.17) is 5.11 Å². The highest BCUT2D eigenvalue weighted by Gasteiger charge is 2.15. The van der Waals surface area contributed by atoms with Gasteiger partial charge in [-0.1, -0.05) is 32.9 Å². The molecule has 0 atom stereocenters. The number of rotatable bonds is 1. The molecule has 2 rings (SSSR count). The fourth-order valence-electron chi connectivity index (χ4n) is 1.62. The average molecular weight is 277 g/mol. The predicted octanol–water partition coefficient (Wildman–Crippen LogP) is 2.11. The summed E-state index contributed by atoms with van der Waals surface area (Å²) in [6.45, 7) is 6.30. The van der Waals surface area contributed by atoms with E-state index in [1.807, 2.05) is 12.1 Å². The first kappa shape index (κ1) is 15.9. The van der Waals surface area contributed by atoms with Crippen molar-refractivity contribution in [3.8, 4) is 0 Å². The number of carboxylic acids is 1. The van der Waals surface area contributed by atoms with Gasteiger partial charge in [0.05, 0.1) is 5.56 Å².